The van der Waals surface area contributed by atoms with E-state index in [0.29, 0.717) is 11.7 Å². The molecule has 1 saturated carbocycles. The highest BCUT2D eigenvalue weighted by Gasteiger charge is 2.26. The molecule has 0 heterocycles. The van der Waals surface area contributed by atoms with Crippen molar-refractivity contribution in [3.63, 3.8) is 0 Å². The van der Waals surface area contributed by atoms with Gasteiger partial charge in [-0.15, -0.1) is 0 Å². The van der Waals surface area contributed by atoms with Gasteiger partial charge in [-0.2, -0.15) is 0 Å². The van der Waals surface area contributed by atoms with Crippen molar-refractivity contribution < 1.29 is 4.79 Å². The molecular formula is C15H20O. The van der Waals surface area contributed by atoms with Crippen LogP contribution in [0.5, 0.6) is 0 Å². The summed E-state index contributed by atoms with van der Waals surface area (Å²) < 4.78 is 0. The topological polar surface area (TPSA) is 17.1 Å². The van der Waals surface area contributed by atoms with E-state index in [1.54, 1.807) is 0 Å². The molecule has 0 unspecified atom stereocenters. The Balaban J connectivity index is 2.40. The number of carbonyl (C=O) groups excluding carboxylic acids is 1. The molecule has 0 spiro atoms. The fourth-order valence-corrected chi connectivity index (χ4v) is 2.32. The number of ketones is 1. The average molecular weight is 216 g/mol. The van der Waals surface area contributed by atoms with Crippen LogP contribution >= 0.6 is 0 Å². The zero-order valence-corrected chi connectivity index (χ0v) is 10.7. The van der Waals surface area contributed by atoms with Crippen LogP contribution in [0.15, 0.2) is 6.07 Å². The van der Waals surface area contributed by atoms with E-state index in [4.69, 9.17) is 0 Å². The van der Waals surface area contributed by atoms with E-state index < -0.39 is 0 Å². The maximum Gasteiger partial charge on any atom is 0.163 e. The number of aryl methyl sites for hydroxylation is 2. The summed E-state index contributed by atoms with van der Waals surface area (Å²) in [5.41, 5.74) is 5.82. The number of Topliss-reactive ketones (excluding diaryl/α,β-unsaturated/α-hetero) is 1. The van der Waals surface area contributed by atoms with Crippen LogP contribution in [0.1, 0.15) is 51.9 Å². The van der Waals surface area contributed by atoms with Crippen LogP contribution in [0.3, 0.4) is 0 Å². The summed E-state index contributed by atoms with van der Waals surface area (Å²) in [4.78, 5) is 12.2. The lowest BCUT2D eigenvalue weighted by Crippen LogP contribution is -2.08. The third kappa shape index (κ3) is 2.04. The van der Waals surface area contributed by atoms with Gasteiger partial charge in [-0.25, -0.2) is 0 Å². The van der Waals surface area contributed by atoms with Gasteiger partial charge >= 0.3 is 0 Å². The molecule has 1 aliphatic carbocycles. The minimum absolute atomic E-state index is 0.351. The molecule has 0 bridgehead atoms. The van der Waals surface area contributed by atoms with Crippen molar-refractivity contribution in [2.24, 2.45) is 5.92 Å². The van der Waals surface area contributed by atoms with Crippen LogP contribution in [0.2, 0.25) is 0 Å². The molecule has 0 aliphatic heterocycles. The van der Waals surface area contributed by atoms with Gasteiger partial charge in [0.15, 0.2) is 5.78 Å². The molecule has 86 valence electrons. The van der Waals surface area contributed by atoms with E-state index in [9.17, 15) is 4.79 Å². The first-order valence-electron chi connectivity index (χ1n) is 6.11. The van der Waals surface area contributed by atoms with E-state index >= 15 is 0 Å². The zero-order valence-electron chi connectivity index (χ0n) is 10.7. The van der Waals surface area contributed by atoms with E-state index in [2.05, 4.69) is 33.8 Å². The molecule has 1 fully saturated rings. The Morgan fingerprint density at radius 3 is 2.06 bits per heavy atom. The fraction of sp³-hybridized carbons (Fsp3) is 0.533. The Bertz CT molecular complexity index is 413. The number of hydrogen-bond donors (Lipinski definition) is 0. The fourth-order valence-electron chi connectivity index (χ4n) is 2.32. The van der Waals surface area contributed by atoms with Gasteiger partial charge in [0.05, 0.1) is 0 Å². The molecular weight excluding hydrogens is 196 g/mol. The molecule has 1 nitrogen and oxygen atoms in total. The normalized spacial score (nSPS) is 15.2. The summed E-state index contributed by atoms with van der Waals surface area (Å²) in [6.45, 7) is 8.33. The molecule has 0 atom stereocenters. The quantitative estimate of drug-likeness (QED) is 0.700. The predicted octanol–water partition coefficient (Wildman–Crippen LogP) is 3.90. The van der Waals surface area contributed by atoms with Gasteiger partial charge in [0.1, 0.15) is 0 Å². The highest BCUT2D eigenvalue weighted by atomic mass is 16.1. The summed E-state index contributed by atoms with van der Waals surface area (Å²) >= 11 is 0. The van der Waals surface area contributed by atoms with Crippen LogP contribution in [-0.2, 0) is 0 Å². The third-order valence-electron chi connectivity index (χ3n) is 3.82. The molecule has 1 heteroatoms. The number of carbonyl (C=O) groups is 1. The summed E-state index contributed by atoms with van der Waals surface area (Å²) in [7, 11) is 0. The van der Waals surface area contributed by atoms with Crippen molar-refractivity contribution >= 4 is 5.78 Å². The first kappa shape index (κ1) is 11.4. The molecule has 0 radical (unpaired) electrons. The van der Waals surface area contributed by atoms with Crippen molar-refractivity contribution in [2.45, 2.75) is 47.0 Å². The van der Waals surface area contributed by atoms with Crippen LogP contribution in [-0.4, -0.2) is 5.78 Å². The van der Waals surface area contributed by atoms with Crippen LogP contribution in [0, 0.1) is 33.6 Å². The Morgan fingerprint density at radius 2 is 1.62 bits per heavy atom. The summed E-state index contributed by atoms with van der Waals surface area (Å²) in [6, 6.07) is 2.18. The lowest BCUT2D eigenvalue weighted by atomic mass is 9.90. The van der Waals surface area contributed by atoms with Crippen molar-refractivity contribution in [1.29, 1.82) is 0 Å². The van der Waals surface area contributed by atoms with Crippen molar-refractivity contribution in [3.8, 4) is 0 Å². The maximum atomic E-state index is 12.2. The molecule has 0 saturated heterocycles. The summed E-state index contributed by atoms with van der Waals surface area (Å²) in [5.74, 6) is 1.02. The van der Waals surface area contributed by atoms with Crippen molar-refractivity contribution in [1.82, 2.24) is 0 Å². The molecule has 1 aromatic carbocycles. The van der Waals surface area contributed by atoms with Crippen molar-refractivity contribution in [2.75, 3.05) is 0 Å². The summed E-state index contributed by atoms with van der Waals surface area (Å²) in [6.07, 6.45) is 3.24. The highest BCUT2D eigenvalue weighted by molar-refractivity contribution is 5.99. The Morgan fingerprint density at radius 1 is 1.12 bits per heavy atom. The largest absolute Gasteiger partial charge is 0.294 e. The molecule has 0 amide bonds. The molecule has 1 aromatic rings. The van der Waals surface area contributed by atoms with E-state index in [-0.39, 0.29) is 0 Å². The maximum absolute atomic E-state index is 12.2. The average Bonchev–Trinajstić information content (AvgIpc) is 2.99. The van der Waals surface area contributed by atoms with Crippen LogP contribution < -0.4 is 0 Å². The smallest absolute Gasteiger partial charge is 0.163 e. The second kappa shape index (κ2) is 4.04. The molecule has 1 aliphatic rings. The van der Waals surface area contributed by atoms with Gasteiger partial charge in [-0.1, -0.05) is 6.07 Å². The highest BCUT2D eigenvalue weighted by Crippen LogP contribution is 2.35. The van der Waals surface area contributed by atoms with Crippen LogP contribution in [0.25, 0.3) is 0 Å². The minimum Gasteiger partial charge on any atom is -0.294 e. The van der Waals surface area contributed by atoms with Gasteiger partial charge in [-0.3, -0.25) is 4.79 Å². The lowest BCUT2D eigenvalue weighted by molar-refractivity contribution is 0.0974. The lowest BCUT2D eigenvalue weighted by Gasteiger charge is -2.14. The van der Waals surface area contributed by atoms with Crippen molar-refractivity contribution in [3.05, 3.63) is 33.9 Å². The van der Waals surface area contributed by atoms with E-state index in [1.165, 1.54) is 35.1 Å². The SMILES string of the molecule is Cc1cc(C)c(C)c(C(=O)CC2CC2)c1C. The van der Waals surface area contributed by atoms with Gasteiger partial charge in [0.2, 0.25) is 0 Å². The first-order valence-corrected chi connectivity index (χ1v) is 6.11. The molecule has 0 N–H and O–H groups in total. The zero-order chi connectivity index (χ0) is 11.9. The van der Waals surface area contributed by atoms with Gasteiger partial charge in [0.25, 0.3) is 0 Å². The summed E-state index contributed by atoms with van der Waals surface area (Å²) in [5, 5.41) is 0. The Kier molecular flexibility index (Phi) is 2.88. The van der Waals surface area contributed by atoms with Gasteiger partial charge in [-0.05, 0) is 68.7 Å². The van der Waals surface area contributed by atoms with E-state index in [1.807, 2.05) is 0 Å². The monoisotopic (exact) mass is 216 g/mol. The standard InChI is InChI=1S/C15H20O/c1-9-7-10(2)12(4)15(11(9)3)14(16)8-13-5-6-13/h7,13H,5-6,8H2,1-4H3. The van der Waals surface area contributed by atoms with E-state index in [0.717, 1.165) is 12.0 Å². The van der Waals surface area contributed by atoms with Crippen LogP contribution in [0.4, 0.5) is 0 Å². The second-order valence-corrected chi connectivity index (χ2v) is 5.21. The number of benzene rings is 1. The van der Waals surface area contributed by atoms with Gasteiger partial charge < -0.3 is 0 Å². The molecule has 2 rings (SSSR count). The Hall–Kier alpha value is -1.11. The second-order valence-electron chi connectivity index (χ2n) is 5.21. The number of rotatable bonds is 3. The Labute approximate surface area is 97.9 Å². The predicted molar refractivity (Wildman–Crippen MR) is 67.1 cm³/mol. The van der Waals surface area contributed by atoms with Gasteiger partial charge in [0, 0.05) is 12.0 Å². The molecule has 0 aromatic heterocycles. The first-order chi connectivity index (χ1) is 7.50. The number of hydrogen-bond acceptors (Lipinski definition) is 1. The molecule has 16 heavy (non-hydrogen) atoms. The minimum atomic E-state index is 0.351. The third-order valence-corrected chi connectivity index (χ3v) is 3.82.